The first-order chi connectivity index (χ1) is 6.65. The van der Waals surface area contributed by atoms with Crippen LogP contribution in [0.1, 0.15) is 18.0 Å². The van der Waals surface area contributed by atoms with Crippen molar-refractivity contribution in [3.8, 4) is 0 Å². The topological polar surface area (TPSA) is 52.3 Å². The summed E-state index contributed by atoms with van der Waals surface area (Å²) >= 11 is 2.20. The van der Waals surface area contributed by atoms with Gasteiger partial charge in [-0.3, -0.25) is 4.79 Å². The molecule has 0 aliphatic rings. The zero-order valence-electron chi connectivity index (χ0n) is 7.87. The smallest absolute Gasteiger partial charge is 0.307 e. The SMILES string of the molecule is COC(=O)CC(N)c1ccccc1I. The molecule has 1 atom stereocenters. The van der Waals surface area contributed by atoms with Crippen LogP contribution in [0.2, 0.25) is 0 Å². The van der Waals surface area contributed by atoms with E-state index in [9.17, 15) is 4.79 Å². The van der Waals surface area contributed by atoms with Crippen LogP contribution in [-0.4, -0.2) is 13.1 Å². The summed E-state index contributed by atoms with van der Waals surface area (Å²) in [6, 6.07) is 7.46. The maximum absolute atomic E-state index is 11.0. The van der Waals surface area contributed by atoms with Gasteiger partial charge in [0.2, 0.25) is 0 Å². The maximum atomic E-state index is 11.0. The first-order valence-corrected chi connectivity index (χ1v) is 5.30. The predicted molar refractivity (Wildman–Crippen MR) is 62.7 cm³/mol. The van der Waals surface area contributed by atoms with Crippen LogP contribution in [0.25, 0.3) is 0 Å². The Morgan fingerprint density at radius 2 is 2.21 bits per heavy atom. The van der Waals surface area contributed by atoms with Gasteiger partial charge in [-0.1, -0.05) is 18.2 Å². The fourth-order valence-corrected chi connectivity index (χ4v) is 1.94. The third-order valence-corrected chi connectivity index (χ3v) is 2.90. The average Bonchev–Trinajstić information content (AvgIpc) is 2.18. The van der Waals surface area contributed by atoms with Crippen LogP contribution in [0.5, 0.6) is 0 Å². The Balaban J connectivity index is 2.74. The molecule has 1 rings (SSSR count). The van der Waals surface area contributed by atoms with Gasteiger partial charge in [0.15, 0.2) is 0 Å². The van der Waals surface area contributed by atoms with Crippen LogP contribution in [0.15, 0.2) is 24.3 Å². The van der Waals surface area contributed by atoms with Gasteiger partial charge in [0.1, 0.15) is 0 Å². The Morgan fingerprint density at radius 1 is 1.57 bits per heavy atom. The molecule has 0 aliphatic carbocycles. The van der Waals surface area contributed by atoms with Gasteiger partial charge >= 0.3 is 5.97 Å². The molecule has 3 nitrogen and oxygen atoms in total. The van der Waals surface area contributed by atoms with E-state index in [0.717, 1.165) is 9.13 Å². The Labute approximate surface area is 96.8 Å². The van der Waals surface area contributed by atoms with Gasteiger partial charge in [-0.15, -0.1) is 0 Å². The minimum absolute atomic E-state index is 0.219. The number of esters is 1. The summed E-state index contributed by atoms with van der Waals surface area (Å²) in [7, 11) is 1.37. The number of carbonyl (C=O) groups excluding carboxylic acids is 1. The lowest BCUT2D eigenvalue weighted by molar-refractivity contribution is -0.141. The predicted octanol–water partition coefficient (Wildman–Crippen LogP) is 1.85. The third-order valence-electron chi connectivity index (χ3n) is 1.92. The van der Waals surface area contributed by atoms with Crippen molar-refractivity contribution < 1.29 is 9.53 Å². The standard InChI is InChI=1S/C10H12INO2/c1-14-10(13)6-9(12)7-4-2-3-5-8(7)11/h2-5,9H,6,12H2,1H3. The van der Waals surface area contributed by atoms with Crippen molar-refractivity contribution in [2.24, 2.45) is 5.73 Å². The monoisotopic (exact) mass is 305 g/mol. The maximum Gasteiger partial charge on any atom is 0.307 e. The molecule has 0 saturated heterocycles. The first kappa shape index (κ1) is 11.5. The van der Waals surface area contributed by atoms with E-state index in [4.69, 9.17) is 5.73 Å². The molecule has 1 aromatic rings. The molecule has 76 valence electrons. The van der Waals surface area contributed by atoms with Crippen LogP contribution < -0.4 is 5.73 Å². The molecule has 0 aliphatic heterocycles. The van der Waals surface area contributed by atoms with E-state index >= 15 is 0 Å². The fourth-order valence-electron chi connectivity index (χ4n) is 1.15. The molecule has 0 saturated carbocycles. The Hall–Kier alpha value is -0.620. The molecule has 1 unspecified atom stereocenters. The quantitative estimate of drug-likeness (QED) is 0.685. The van der Waals surface area contributed by atoms with E-state index in [2.05, 4.69) is 27.3 Å². The van der Waals surface area contributed by atoms with Crippen molar-refractivity contribution in [3.63, 3.8) is 0 Å². The highest BCUT2D eigenvalue weighted by Gasteiger charge is 2.13. The number of halogens is 1. The van der Waals surface area contributed by atoms with Crippen molar-refractivity contribution in [2.45, 2.75) is 12.5 Å². The van der Waals surface area contributed by atoms with Crippen LogP contribution in [0.4, 0.5) is 0 Å². The molecule has 0 heterocycles. The van der Waals surface area contributed by atoms with E-state index in [1.165, 1.54) is 7.11 Å². The number of hydrogen-bond acceptors (Lipinski definition) is 3. The third kappa shape index (κ3) is 2.95. The molecular weight excluding hydrogens is 293 g/mol. The van der Waals surface area contributed by atoms with Crippen LogP contribution >= 0.6 is 22.6 Å². The number of carbonyl (C=O) groups is 1. The van der Waals surface area contributed by atoms with Gasteiger partial charge in [-0.05, 0) is 34.2 Å². The van der Waals surface area contributed by atoms with E-state index < -0.39 is 0 Å². The van der Waals surface area contributed by atoms with Crippen molar-refractivity contribution in [1.29, 1.82) is 0 Å². The van der Waals surface area contributed by atoms with E-state index in [-0.39, 0.29) is 18.4 Å². The zero-order chi connectivity index (χ0) is 10.6. The second kappa shape index (κ2) is 5.31. The highest BCUT2D eigenvalue weighted by molar-refractivity contribution is 14.1. The van der Waals surface area contributed by atoms with Gasteiger partial charge in [0.05, 0.1) is 13.5 Å². The lowest BCUT2D eigenvalue weighted by atomic mass is 10.1. The van der Waals surface area contributed by atoms with Gasteiger partial charge in [-0.25, -0.2) is 0 Å². The first-order valence-electron chi connectivity index (χ1n) is 4.22. The lowest BCUT2D eigenvalue weighted by Gasteiger charge is -2.11. The highest BCUT2D eigenvalue weighted by Crippen LogP contribution is 2.20. The molecule has 0 fully saturated rings. The van der Waals surface area contributed by atoms with E-state index in [1.807, 2.05) is 24.3 Å². The van der Waals surface area contributed by atoms with Gasteiger partial charge in [0, 0.05) is 9.61 Å². The Kier molecular flexibility index (Phi) is 4.34. The molecule has 2 N–H and O–H groups in total. The lowest BCUT2D eigenvalue weighted by Crippen LogP contribution is -2.17. The number of methoxy groups -OCH3 is 1. The Bertz CT molecular complexity index is 328. The van der Waals surface area contributed by atoms with Crippen LogP contribution in [-0.2, 0) is 9.53 Å². The second-order valence-corrected chi connectivity index (χ2v) is 4.07. The van der Waals surface area contributed by atoms with E-state index in [0.29, 0.717) is 0 Å². The molecule has 0 aromatic heterocycles. The largest absolute Gasteiger partial charge is 0.469 e. The normalized spacial score (nSPS) is 12.2. The average molecular weight is 305 g/mol. The summed E-state index contributed by atoms with van der Waals surface area (Å²) in [6.07, 6.45) is 0.219. The summed E-state index contributed by atoms with van der Waals surface area (Å²) < 4.78 is 5.63. The molecule has 1 aromatic carbocycles. The summed E-state index contributed by atoms with van der Waals surface area (Å²) in [4.78, 5) is 11.0. The van der Waals surface area contributed by atoms with E-state index in [1.54, 1.807) is 0 Å². The molecule has 0 spiro atoms. The number of rotatable bonds is 3. The summed E-state index contributed by atoms with van der Waals surface area (Å²) in [6.45, 7) is 0. The molecule has 0 amide bonds. The van der Waals surface area contributed by atoms with Crippen molar-refractivity contribution in [1.82, 2.24) is 0 Å². The molecular formula is C10H12INO2. The summed E-state index contributed by atoms with van der Waals surface area (Å²) in [5.74, 6) is -0.280. The van der Waals surface area contributed by atoms with Crippen molar-refractivity contribution >= 4 is 28.6 Å². The van der Waals surface area contributed by atoms with Crippen molar-refractivity contribution in [3.05, 3.63) is 33.4 Å². The summed E-state index contributed by atoms with van der Waals surface area (Å²) in [5.41, 5.74) is 6.85. The minimum atomic E-state index is -0.282. The zero-order valence-corrected chi connectivity index (χ0v) is 10.0. The molecule has 4 heteroatoms. The van der Waals surface area contributed by atoms with Gasteiger partial charge in [-0.2, -0.15) is 0 Å². The highest BCUT2D eigenvalue weighted by atomic mass is 127. The number of ether oxygens (including phenoxy) is 1. The molecule has 0 bridgehead atoms. The number of hydrogen-bond donors (Lipinski definition) is 1. The minimum Gasteiger partial charge on any atom is -0.469 e. The van der Waals surface area contributed by atoms with Gasteiger partial charge < -0.3 is 10.5 Å². The van der Waals surface area contributed by atoms with Crippen molar-refractivity contribution in [2.75, 3.05) is 7.11 Å². The second-order valence-electron chi connectivity index (χ2n) is 2.91. The van der Waals surface area contributed by atoms with Gasteiger partial charge in [0.25, 0.3) is 0 Å². The fraction of sp³-hybridized carbons (Fsp3) is 0.300. The molecule has 14 heavy (non-hydrogen) atoms. The number of nitrogens with two attached hydrogens (primary N) is 1. The van der Waals surface area contributed by atoms with Crippen LogP contribution in [0, 0.1) is 3.57 Å². The summed E-state index contributed by atoms with van der Waals surface area (Å²) in [5, 5.41) is 0. The number of benzene rings is 1. The molecule has 0 radical (unpaired) electrons. The Morgan fingerprint density at radius 3 is 2.79 bits per heavy atom. The van der Waals surface area contributed by atoms with Crippen LogP contribution in [0.3, 0.4) is 0 Å².